The Hall–Kier alpha value is -1.38. The molecule has 2 nitrogen and oxygen atoms in total. The van der Waals surface area contributed by atoms with Crippen LogP contribution in [-0.2, 0) is 9.53 Å². The lowest BCUT2D eigenvalue weighted by Gasteiger charge is -2.14. The van der Waals surface area contributed by atoms with E-state index in [4.69, 9.17) is 4.74 Å². The number of hydrogen-bond acceptors (Lipinski definition) is 2. The SMILES string of the molecule is CCCC(C(=O)OCC)c1cccc(F)c1. The molecule has 1 aromatic carbocycles. The summed E-state index contributed by atoms with van der Waals surface area (Å²) < 4.78 is 18.1. The van der Waals surface area contributed by atoms with E-state index < -0.39 is 0 Å². The van der Waals surface area contributed by atoms with Crippen molar-refractivity contribution in [3.8, 4) is 0 Å². The summed E-state index contributed by atoms with van der Waals surface area (Å²) in [6, 6.07) is 6.15. The molecule has 0 spiro atoms. The largest absolute Gasteiger partial charge is 0.466 e. The Morgan fingerprint density at radius 3 is 2.75 bits per heavy atom. The molecular formula is C13H17FO2. The van der Waals surface area contributed by atoms with Gasteiger partial charge in [-0.15, -0.1) is 0 Å². The lowest BCUT2D eigenvalue weighted by atomic mass is 9.94. The van der Waals surface area contributed by atoms with Crippen molar-refractivity contribution in [3.63, 3.8) is 0 Å². The number of halogens is 1. The Morgan fingerprint density at radius 2 is 2.19 bits per heavy atom. The van der Waals surface area contributed by atoms with Crippen molar-refractivity contribution in [2.75, 3.05) is 6.61 Å². The van der Waals surface area contributed by atoms with E-state index in [1.807, 2.05) is 6.92 Å². The van der Waals surface area contributed by atoms with Gasteiger partial charge in [-0.05, 0) is 31.0 Å². The average molecular weight is 224 g/mol. The van der Waals surface area contributed by atoms with E-state index in [0.29, 0.717) is 18.6 Å². The molecular weight excluding hydrogens is 207 g/mol. The van der Waals surface area contributed by atoms with Gasteiger partial charge < -0.3 is 4.74 Å². The van der Waals surface area contributed by atoms with Crippen LogP contribution in [0.25, 0.3) is 0 Å². The number of carbonyl (C=O) groups is 1. The van der Waals surface area contributed by atoms with E-state index in [1.165, 1.54) is 12.1 Å². The summed E-state index contributed by atoms with van der Waals surface area (Å²) >= 11 is 0. The van der Waals surface area contributed by atoms with Crippen molar-refractivity contribution in [1.82, 2.24) is 0 Å². The second-order valence-corrected chi connectivity index (χ2v) is 3.65. The number of hydrogen-bond donors (Lipinski definition) is 0. The number of rotatable bonds is 5. The molecule has 0 radical (unpaired) electrons. The summed E-state index contributed by atoms with van der Waals surface area (Å²) in [6.45, 7) is 4.12. The van der Waals surface area contributed by atoms with Crippen LogP contribution in [0.1, 0.15) is 38.2 Å². The van der Waals surface area contributed by atoms with Gasteiger partial charge in [-0.3, -0.25) is 4.79 Å². The molecule has 0 saturated carbocycles. The molecule has 0 aliphatic rings. The maximum absolute atomic E-state index is 13.1. The Balaban J connectivity index is 2.88. The molecule has 1 unspecified atom stereocenters. The van der Waals surface area contributed by atoms with E-state index in [9.17, 15) is 9.18 Å². The number of esters is 1. The topological polar surface area (TPSA) is 26.3 Å². The normalized spacial score (nSPS) is 12.2. The first-order valence-corrected chi connectivity index (χ1v) is 5.61. The molecule has 0 aliphatic carbocycles. The third-order valence-corrected chi connectivity index (χ3v) is 2.40. The van der Waals surface area contributed by atoms with Crippen LogP contribution in [-0.4, -0.2) is 12.6 Å². The summed E-state index contributed by atoms with van der Waals surface area (Å²) in [5, 5.41) is 0. The minimum Gasteiger partial charge on any atom is -0.466 e. The van der Waals surface area contributed by atoms with Crippen molar-refractivity contribution in [3.05, 3.63) is 35.6 Å². The van der Waals surface area contributed by atoms with Crippen LogP contribution in [0.2, 0.25) is 0 Å². The lowest BCUT2D eigenvalue weighted by molar-refractivity contribution is -0.145. The van der Waals surface area contributed by atoms with Crippen LogP contribution in [0.15, 0.2) is 24.3 Å². The highest BCUT2D eigenvalue weighted by molar-refractivity contribution is 5.78. The fourth-order valence-electron chi connectivity index (χ4n) is 1.68. The average Bonchev–Trinajstić information content (AvgIpc) is 2.26. The van der Waals surface area contributed by atoms with Crippen molar-refractivity contribution in [1.29, 1.82) is 0 Å². The molecule has 0 aromatic heterocycles. The van der Waals surface area contributed by atoms with Gasteiger partial charge in [-0.25, -0.2) is 4.39 Å². The Labute approximate surface area is 95.4 Å². The van der Waals surface area contributed by atoms with Crippen LogP contribution < -0.4 is 0 Å². The van der Waals surface area contributed by atoms with Gasteiger partial charge in [-0.1, -0.05) is 25.5 Å². The van der Waals surface area contributed by atoms with Gasteiger partial charge in [0, 0.05) is 0 Å². The maximum atomic E-state index is 13.1. The third kappa shape index (κ3) is 3.33. The van der Waals surface area contributed by atoms with Crippen molar-refractivity contribution < 1.29 is 13.9 Å². The molecule has 1 rings (SSSR count). The summed E-state index contributed by atoms with van der Waals surface area (Å²) in [5.74, 6) is -0.932. The summed E-state index contributed by atoms with van der Waals surface area (Å²) in [4.78, 5) is 11.7. The number of carbonyl (C=O) groups excluding carboxylic acids is 1. The zero-order valence-corrected chi connectivity index (χ0v) is 9.70. The van der Waals surface area contributed by atoms with Gasteiger partial charge in [0.1, 0.15) is 5.82 Å². The minimum atomic E-state index is -0.347. The molecule has 0 fully saturated rings. The van der Waals surface area contributed by atoms with Gasteiger partial charge in [0.05, 0.1) is 12.5 Å². The van der Waals surface area contributed by atoms with E-state index in [0.717, 1.165) is 6.42 Å². The quantitative estimate of drug-likeness (QED) is 0.717. The van der Waals surface area contributed by atoms with Gasteiger partial charge in [-0.2, -0.15) is 0 Å². The molecule has 16 heavy (non-hydrogen) atoms. The molecule has 3 heteroatoms. The van der Waals surface area contributed by atoms with Gasteiger partial charge in [0.2, 0.25) is 0 Å². The summed E-state index contributed by atoms with van der Waals surface area (Å²) in [5.41, 5.74) is 0.695. The standard InChI is InChI=1S/C13H17FO2/c1-3-6-12(13(15)16-4-2)10-7-5-8-11(14)9-10/h5,7-9,12H,3-4,6H2,1-2H3. The highest BCUT2D eigenvalue weighted by Crippen LogP contribution is 2.23. The molecule has 0 saturated heterocycles. The minimum absolute atomic E-state index is 0.269. The van der Waals surface area contributed by atoms with Crippen molar-refractivity contribution in [2.24, 2.45) is 0 Å². The van der Waals surface area contributed by atoms with Crippen LogP contribution in [0.4, 0.5) is 4.39 Å². The van der Waals surface area contributed by atoms with E-state index in [1.54, 1.807) is 19.1 Å². The van der Waals surface area contributed by atoms with Crippen LogP contribution in [0.5, 0.6) is 0 Å². The second-order valence-electron chi connectivity index (χ2n) is 3.65. The van der Waals surface area contributed by atoms with Crippen molar-refractivity contribution in [2.45, 2.75) is 32.6 Å². The highest BCUT2D eigenvalue weighted by Gasteiger charge is 2.21. The molecule has 0 N–H and O–H groups in total. The highest BCUT2D eigenvalue weighted by atomic mass is 19.1. The fourth-order valence-corrected chi connectivity index (χ4v) is 1.68. The molecule has 1 aromatic rings. The van der Waals surface area contributed by atoms with Crippen LogP contribution >= 0.6 is 0 Å². The van der Waals surface area contributed by atoms with E-state index in [-0.39, 0.29) is 17.7 Å². The second kappa shape index (κ2) is 6.26. The zero-order chi connectivity index (χ0) is 12.0. The first-order chi connectivity index (χ1) is 7.69. The predicted octanol–water partition coefficient (Wildman–Crippen LogP) is 3.27. The van der Waals surface area contributed by atoms with Crippen molar-refractivity contribution >= 4 is 5.97 Å². The fraction of sp³-hybridized carbons (Fsp3) is 0.462. The predicted molar refractivity (Wildman–Crippen MR) is 60.7 cm³/mol. The molecule has 0 amide bonds. The Morgan fingerprint density at radius 1 is 1.44 bits per heavy atom. The number of benzene rings is 1. The zero-order valence-electron chi connectivity index (χ0n) is 9.70. The molecule has 88 valence electrons. The van der Waals surface area contributed by atoms with Crippen LogP contribution in [0, 0.1) is 5.82 Å². The smallest absolute Gasteiger partial charge is 0.313 e. The first-order valence-electron chi connectivity index (χ1n) is 5.61. The van der Waals surface area contributed by atoms with E-state index in [2.05, 4.69) is 0 Å². The molecule has 1 atom stereocenters. The Kier molecular flexibility index (Phi) is 4.96. The molecule has 0 heterocycles. The monoisotopic (exact) mass is 224 g/mol. The molecule has 0 aliphatic heterocycles. The third-order valence-electron chi connectivity index (χ3n) is 2.40. The van der Waals surface area contributed by atoms with Gasteiger partial charge in [0.25, 0.3) is 0 Å². The number of ether oxygens (including phenoxy) is 1. The summed E-state index contributed by atoms with van der Waals surface area (Å²) in [6.07, 6.45) is 1.54. The van der Waals surface area contributed by atoms with Gasteiger partial charge >= 0.3 is 5.97 Å². The Bertz CT molecular complexity index is 350. The first kappa shape index (κ1) is 12.7. The maximum Gasteiger partial charge on any atom is 0.313 e. The summed E-state index contributed by atoms with van der Waals surface area (Å²) in [7, 11) is 0. The lowest BCUT2D eigenvalue weighted by Crippen LogP contribution is -2.16. The van der Waals surface area contributed by atoms with Crippen LogP contribution in [0.3, 0.4) is 0 Å². The molecule has 0 bridgehead atoms. The van der Waals surface area contributed by atoms with E-state index >= 15 is 0 Å². The van der Waals surface area contributed by atoms with Gasteiger partial charge in [0.15, 0.2) is 0 Å².